The Morgan fingerprint density at radius 2 is 1.79 bits per heavy atom. The van der Waals surface area contributed by atoms with E-state index in [1.807, 2.05) is 37.3 Å². The number of carbonyl (C=O) groups is 2. The second-order valence-electron chi connectivity index (χ2n) is 9.45. The summed E-state index contributed by atoms with van der Waals surface area (Å²) in [6.07, 6.45) is 1.51. The molecule has 0 aliphatic carbocycles. The van der Waals surface area contributed by atoms with Gasteiger partial charge in [0.1, 0.15) is 17.3 Å². The molecular weight excluding hydrogens is 500 g/mol. The van der Waals surface area contributed by atoms with Crippen molar-refractivity contribution in [3.63, 3.8) is 0 Å². The first-order chi connectivity index (χ1) is 18.9. The Morgan fingerprint density at radius 3 is 2.49 bits per heavy atom. The van der Waals surface area contributed by atoms with Crippen molar-refractivity contribution in [2.24, 2.45) is 0 Å². The van der Waals surface area contributed by atoms with E-state index < -0.39 is 17.7 Å². The maximum Gasteiger partial charge on any atom is 0.295 e. The number of ketones is 1. The highest BCUT2D eigenvalue weighted by Crippen LogP contribution is 2.44. The molecule has 5 rings (SSSR count). The summed E-state index contributed by atoms with van der Waals surface area (Å²) in [5, 5.41) is 16.1. The summed E-state index contributed by atoms with van der Waals surface area (Å²) >= 11 is 0. The number of nitrogens with zero attached hydrogens (tertiary/aromatic N) is 4. The zero-order chi connectivity index (χ0) is 27.5. The maximum atomic E-state index is 13.6. The lowest BCUT2D eigenvalue weighted by molar-refractivity contribution is -0.140. The predicted molar refractivity (Wildman–Crippen MR) is 144 cm³/mol. The molecule has 0 unspecified atom stereocenters. The van der Waals surface area contributed by atoms with Gasteiger partial charge in [0.05, 0.1) is 62.2 Å². The highest BCUT2D eigenvalue weighted by molar-refractivity contribution is 6.46. The molecule has 3 heterocycles. The molecule has 1 atom stereocenters. The standard InChI is InChI=1S/C29H32N4O6/c1-19-23(18-30-33(19)20-7-5-4-6-8-20)27(34)25-26(22-17-21(37-2)9-10-24(22)38-3)32(29(36)28(25)35)12-11-31-13-15-39-16-14-31/h4-10,17-18,26,34H,11-16H2,1-3H3/b27-25+/t26-/m1/s1. The van der Waals surface area contributed by atoms with E-state index in [2.05, 4.69) is 10.00 Å². The Hall–Kier alpha value is -4.15. The highest BCUT2D eigenvalue weighted by Gasteiger charge is 2.47. The second-order valence-corrected chi connectivity index (χ2v) is 9.45. The number of methoxy groups -OCH3 is 2. The van der Waals surface area contributed by atoms with E-state index in [0.29, 0.717) is 48.1 Å². The SMILES string of the molecule is COc1ccc(OC)c([C@@H]2/C(=C(\O)c3cnn(-c4ccccc4)c3C)C(=O)C(=O)N2CCN2CCOCC2)c1. The van der Waals surface area contributed by atoms with Crippen LogP contribution in [-0.2, 0) is 14.3 Å². The van der Waals surface area contributed by atoms with Crippen molar-refractivity contribution in [1.82, 2.24) is 19.6 Å². The molecule has 39 heavy (non-hydrogen) atoms. The first kappa shape index (κ1) is 26.5. The third-order valence-corrected chi connectivity index (χ3v) is 7.30. The molecule has 0 saturated carbocycles. The van der Waals surface area contributed by atoms with Gasteiger partial charge in [-0.15, -0.1) is 0 Å². The third kappa shape index (κ3) is 5.00. The van der Waals surface area contributed by atoms with Crippen LogP contribution in [0.4, 0.5) is 0 Å². The summed E-state index contributed by atoms with van der Waals surface area (Å²) in [5.74, 6) is -0.694. The Balaban J connectivity index is 1.62. The fraction of sp³-hybridized carbons (Fsp3) is 0.345. The van der Waals surface area contributed by atoms with Gasteiger partial charge in [0.2, 0.25) is 0 Å². The minimum atomic E-state index is -0.879. The minimum absolute atomic E-state index is 0.00996. The highest BCUT2D eigenvalue weighted by atomic mass is 16.5. The molecule has 1 amide bonds. The monoisotopic (exact) mass is 532 g/mol. The van der Waals surface area contributed by atoms with Gasteiger partial charge in [0.15, 0.2) is 0 Å². The number of para-hydroxylation sites is 1. The van der Waals surface area contributed by atoms with Crippen molar-refractivity contribution in [3.8, 4) is 17.2 Å². The van der Waals surface area contributed by atoms with E-state index in [1.54, 1.807) is 30.0 Å². The number of aliphatic hydroxyl groups is 1. The lowest BCUT2D eigenvalue weighted by atomic mass is 9.94. The van der Waals surface area contributed by atoms with E-state index in [4.69, 9.17) is 14.2 Å². The number of aliphatic hydroxyl groups excluding tert-OH is 1. The van der Waals surface area contributed by atoms with E-state index in [9.17, 15) is 14.7 Å². The zero-order valence-corrected chi connectivity index (χ0v) is 22.3. The second kappa shape index (κ2) is 11.3. The molecule has 1 aromatic heterocycles. The van der Waals surface area contributed by atoms with E-state index in [0.717, 1.165) is 18.8 Å². The van der Waals surface area contributed by atoms with E-state index in [1.165, 1.54) is 18.2 Å². The number of ether oxygens (including phenoxy) is 3. The average molecular weight is 533 g/mol. The lowest BCUT2D eigenvalue weighted by Crippen LogP contribution is -2.42. The molecule has 2 saturated heterocycles. The normalized spacial score (nSPS) is 19.5. The van der Waals surface area contributed by atoms with Gasteiger partial charge in [0, 0.05) is 31.7 Å². The van der Waals surface area contributed by atoms with Gasteiger partial charge in [-0.05, 0) is 37.3 Å². The number of carbonyl (C=O) groups excluding carboxylic acids is 2. The largest absolute Gasteiger partial charge is 0.507 e. The summed E-state index contributed by atoms with van der Waals surface area (Å²) in [6, 6.07) is 13.8. The molecule has 2 aliphatic rings. The summed E-state index contributed by atoms with van der Waals surface area (Å²) in [7, 11) is 3.07. The average Bonchev–Trinajstić information content (AvgIpc) is 3.48. The number of rotatable bonds is 8. The van der Waals surface area contributed by atoms with Crippen molar-refractivity contribution >= 4 is 17.4 Å². The molecule has 0 radical (unpaired) electrons. The Kier molecular flexibility index (Phi) is 7.67. The third-order valence-electron chi connectivity index (χ3n) is 7.30. The summed E-state index contributed by atoms with van der Waals surface area (Å²) in [6.45, 7) is 5.39. The molecule has 3 aromatic rings. The number of likely N-dealkylation sites (tertiary alicyclic amines) is 1. The smallest absolute Gasteiger partial charge is 0.295 e. The number of morpholine rings is 1. The quantitative estimate of drug-likeness (QED) is 0.268. The summed E-state index contributed by atoms with van der Waals surface area (Å²) < 4.78 is 18.2. The molecule has 10 heteroatoms. The van der Waals surface area contributed by atoms with Crippen molar-refractivity contribution in [3.05, 3.63) is 77.1 Å². The van der Waals surface area contributed by atoms with Crippen LogP contribution in [0.3, 0.4) is 0 Å². The molecular formula is C29H32N4O6. The molecule has 2 aliphatic heterocycles. The van der Waals surface area contributed by atoms with Gasteiger partial charge in [-0.25, -0.2) is 4.68 Å². The van der Waals surface area contributed by atoms with Gasteiger partial charge in [0.25, 0.3) is 11.7 Å². The van der Waals surface area contributed by atoms with Crippen LogP contribution >= 0.6 is 0 Å². The van der Waals surface area contributed by atoms with Gasteiger partial charge in [-0.2, -0.15) is 5.10 Å². The molecule has 0 spiro atoms. The van der Waals surface area contributed by atoms with Crippen LogP contribution in [0, 0.1) is 6.92 Å². The van der Waals surface area contributed by atoms with Crippen molar-refractivity contribution in [1.29, 1.82) is 0 Å². The zero-order valence-electron chi connectivity index (χ0n) is 22.3. The molecule has 2 fully saturated rings. The van der Waals surface area contributed by atoms with Crippen molar-refractivity contribution in [2.75, 3.05) is 53.6 Å². The van der Waals surface area contributed by atoms with Crippen LogP contribution < -0.4 is 9.47 Å². The molecule has 10 nitrogen and oxygen atoms in total. The number of Topliss-reactive ketones (excluding diaryl/α,β-unsaturated/α-hetero) is 1. The Bertz CT molecular complexity index is 1390. The summed E-state index contributed by atoms with van der Waals surface area (Å²) in [4.78, 5) is 30.7. The number of hydrogen-bond acceptors (Lipinski definition) is 8. The molecule has 1 N–H and O–H groups in total. The van der Waals surface area contributed by atoms with Gasteiger partial charge in [-0.1, -0.05) is 18.2 Å². The Morgan fingerprint density at radius 1 is 1.05 bits per heavy atom. The van der Waals surface area contributed by atoms with Gasteiger partial charge < -0.3 is 24.2 Å². The summed E-state index contributed by atoms with van der Waals surface area (Å²) in [5.41, 5.74) is 2.36. The number of amides is 1. The minimum Gasteiger partial charge on any atom is -0.507 e. The first-order valence-corrected chi connectivity index (χ1v) is 12.9. The predicted octanol–water partition coefficient (Wildman–Crippen LogP) is 2.95. The Labute approximate surface area is 227 Å². The topological polar surface area (TPSA) is 106 Å². The van der Waals surface area contributed by atoms with Crippen molar-refractivity contribution in [2.45, 2.75) is 13.0 Å². The molecule has 2 aromatic carbocycles. The number of aromatic nitrogens is 2. The lowest BCUT2D eigenvalue weighted by Gasteiger charge is -2.31. The number of benzene rings is 2. The van der Waals surface area contributed by atoms with Crippen LogP contribution in [0.15, 0.2) is 60.3 Å². The van der Waals surface area contributed by atoms with E-state index in [-0.39, 0.29) is 17.9 Å². The fourth-order valence-electron chi connectivity index (χ4n) is 5.18. The van der Waals surface area contributed by atoms with Gasteiger partial charge >= 0.3 is 0 Å². The van der Waals surface area contributed by atoms with Crippen LogP contribution in [0.25, 0.3) is 11.4 Å². The number of hydrogen-bond donors (Lipinski definition) is 1. The van der Waals surface area contributed by atoms with Crippen LogP contribution in [0.2, 0.25) is 0 Å². The van der Waals surface area contributed by atoms with Crippen molar-refractivity contribution < 1.29 is 28.9 Å². The molecule has 204 valence electrons. The molecule has 0 bridgehead atoms. The van der Waals surface area contributed by atoms with E-state index >= 15 is 0 Å². The maximum absolute atomic E-state index is 13.6. The van der Waals surface area contributed by atoms with Crippen LogP contribution in [0.1, 0.15) is 22.9 Å². The van der Waals surface area contributed by atoms with Crippen LogP contribution in [-0.4, -0.2) is 90.0 Å². The van der Waals surface area contributed by atoms with Gasteiger partial charge in [-0.3, -0.25) is 14.5 Å². The van der Waals surface area contributed by atoms with Crippen LogP contribution in [0.5, 0.6) is 11.5 Å². The fourth-order valence-corrected chi connectivity index (χ4v) is 5.18. The first-order valence-electron chi connectivity index (χ1n) is 12.9.